The van der Waals surface area contributed by atoms with Crippen LogP contribution in [0, 0.1) is 12.7 Å². The molecular weight excluding hydrogens is 551 g/mol. The molecule has 1 N–H and O–H groups in total. The van der Waals surface area contributed by atoms with Crippen LogP contribution in [-0.4, -0.2) is 56.8 Å². The molecule has 1 unspecified atom stereocenters. The highest BCUT2D eigenvalue weighted by Crippen LogP contribution is 2.39. The van der Waals surface area contributed by atoms with Gasteiger partial charge in [0, 0.05) is 18.7 Å². The molecule has 6 nitrogen and oxygen atoms in total. The van der Waals surface area contributed by atoms with Gasteiger partial charge in [-0.05, 0) is 92.8 Å². The number of halogens is 2. The fourth-order valence-corrected chi connectivity index (χ4v) is 7.37. The summed E-state index contributed by atoms with van der Waals surface area (Å²) in [6.45, 7) is 6.20. The quantitative estimate of drug-likeness (QED) is 0.322. The number of benzene rings is 3. The third-order valence-corrected chi connectivity index (χ3v) is 9.57. The van der Waals surface area contributed by atoms with Gasteiger partial charge in [0.15, 0.2) is 0 Å². The fraction of sp³-hybridized carbons (Fsp3) is 0.355. The molecule has 2 atom stereocenters. The number of aliphatic hydroxyl groups excluding tert-OH is 1. The van der Waals surface area contributed by atoms with E-state index in [4.69, 9.17) is 16.3 Å². The first kappa shape index (κ1) is 28.6. The maximum Gasteiger partial charge on any atom is 0.264 e. The molecule has 0 spiro atoms. The van der Waals surface area contributed by atoms with Crippen molar-refractivity contribution >= 4 is 39.0 Å². The lowest BCUT2D eigenvalue weighted by Crippen LogP contribution is -2.43. The van der Waals surface area contributed by atoms with Gasteiger partial charge in [-0.15, -0.1) is 0 Å². The van der Waals surface area contributed by atoms with Crippen LogP contribution in [0.15, 0.2) is 65.6 Å². The van der Waals surface area contributed by atoms with Crippen molar-refractivity contribution in [3.63, 3.8) is 0 Å². The second-order valence-electron chi connectivity index (χ2n) is 10.6. The number of ether oxygens (including phenoxy) is 1. The first-order chi connectivity index (χ1) is 19.1. The highest BCUT2D eigenvalue weighted by molar-refractivity contribution is 7.92. The third-order valence-electron chi connectivity index (χ3n) is 7.48. The molecule has 9 heteroatoms. The Hall–Kier alpha value is -2.91. The van der Waals surface area contributed by atoms with Crippen LogP contribution in [-0.2, 0) is 10.0 Å². The summed E-state index contributed by atoms with van der Waals surface area (Å²) in [6, 6.07) is 16.8. The lowest BCUT2D eigenvalue weighted by molar-refractivity contribution is 0.165. The topological polar surface area (TPSA) is 70.1 Å². The third kappa shape index (κ3) is 6.20. The molecule has 5 rings (SSSR count). The van der Waals surface area contributed by atoms with Crippen LogP contribution in [0.2, 0.25) is 5.02 Å². The van der Waals surface area contributed by atoms with Gasteiger partial charge in [0.05, 0.1) is 28.3 Å². The van der Waals surface area contributed by atoms with Crippen molar-refractivity contribution in [2.45, 2.75) is 50.2 Å². The van der Waals surface area contributed by atoms with Crippen molar-refractivity contribution in [3.05, 3.63) is 88.2 Å². The van der Waals surface area contributed by atoms with Gasteiger partial charge >= 0.3 is 0 Å². The summed E-state index contributed by atoms with van der Waals surface area (Å²) < 4.78 is 50.2. The molecular formula is C31H34ClFN2O4S. The molecule has 1 saturated heterocycles. The summed E-state index contributed by atoms with van der Waals surface area (Å²) in [5.41, 5.74) is 2.94. The summed E-state index contributed by atoms with van der Waals surface area (Å²) >= 11 is 6.27. The smallest absolute Gasteiger partial charge is 0.264 e. The van der Waals surface area contributed by atoms with Gasteiger partial charge in [0.25, 0.3) is 10.0 Å². The van der Waals surface area contributed by atoms with E-state index in [2.05, 4.69) is 4.90 Å². The molecule has 212 valence electrons. The zero-order chi connectivity index (χ0) is 28.4. The number of anilines is 1. The Kier molecular flexibility index (Phi) is 8.52. The molecule has 40 heavy (non-hydrogen) atoms. The van der Waals surface area contributed by atoms with Gasteiger partial charge in [-0.1, -0.05) is 41.9 Å². The zero-order valence-corrected chi connectivity index (χ0v) is 24.3. The number of allylic oxidation sites excluding steroid dienone is 1. The van der Waals surface area contributed by atoms with Crippen molar-refractivity contribution in [3.8, 4) is 5.75 Å². The second-order valence-corrected chi connectivity index (χ2v) is 12.9. The molecule has 1 fully saturated rings. The molecule has 0 saturated carbocycles. The minimum absolute atomic E-state index is 0.178. The van der Waals surface area contributed by atoms with E-state index >= 15 is 0 Å². The van der Waals surface area contributed by atoms with Crippen LogP contribution in [0.4, 0.5) is 10.1 Å². The minimum Gasteiger partial charge on any atom is -0.486 e. The van der Waals surface area contributed by atoms with Crippen LogP contribution >= 0.6 is 11.6 Å². The maximum atomic E-state index is 14.5. The molecule has 0 bridgehead atoms. The molecule has 0 radical (unpaired) electrons. The molecule has 3 aromatic rings. The van der Waals surface area contributed by atoms with Crippen LogP contribution < -0.4 is 9.04 Å². The molecule has 0 aliphatic carbocycles. The van der Waals surface area contributed by atoms with E-state index < -0.39 is 15.8 Å². The van der Waals surface area contributed by atoms with Crippen LogP contribution in [0.5, 0.6) is 5.75 Å². The van der Waals surface area contributed by atoms with E-state index in [0.717, 1.165) is 31.5 Å². The Morgan fingerprint density at radius 1 is 1.15 bits per heavy atom. The predicted octanol–water partition coefficient (Wildman–Crippen LogP) is 6.15. The Balaban J connectivity index is 1.46. The van der Waals surface area contributed by atoms with E-state index in [0.29, 0.717) is 46.1 Å². The first-order valence-electron chi connectivity index (χ1n) is 13.5. The molecule has 2 aliphatic rings. The van der Waals surface area contributed by atoms with Crippen molar-refractivity contribution < 1.29 is 22.7 Å². The lowest BCUT2D eigenvalue weighted by Gasteiger charge is -2.36. The SMILES string of the molecule is C/C(=C\c1ccc2c(c1)N(S(=O)(=O)c1cccc(C)c1)C[C@H](CCCN1CCC(O)C1)O2)c1c(F)cccc1Cl. The number of aryl methyl sites for hydroxylation is 1. The number of β-amino-alcohol motifs (C(OH)–C–C–N with tert-alkyl or cyclic N) is 1. The highest BCUT2D eigenvalue weighted by Gasteiger charge is 2.35. The molecule has 2 heterocycles. The Morgan fingerprint density at radius 2 is 1.95 bits per heavy atom. The predicted molar refractivity (Wildman–Crippen MR) is 158 cm³/mol. The number of sulfonamides is 1. The van der Waals surface area contributed by atoms with Crippen LogP contribution in [0.1, 0.15) is 42.9 Å². The standard InChI is InChI=1S/C31H34ClFN2O4S/c1-21-6-3-8-26(16-21)40(37,38)35-20-25(7-5-14-34-15-13-24(36)19-34)39-30-12-11-23(18-29(30)35)17-22(2)31-27(32)9-4-10-28(31)33/h3-4,6,8-12,16-18,24-25,36H,5,7,13-15,19-20H2,1-2H3/b22-17+/t24?,25-/m0/s1. The van der Waals surface area contributed by atoms with Crippen molar-refractivity contribution in [1.29, 1.82) is 0 Å². The fourth-order valence-electron chi connectivity index (χ4n) is 5.45. The average Bonchev–Trinajstić information content (AvgIpc) is 3.33. The van der Waals surface area contributed by atoms with E-state index in [1.54, 1.807) is 55.5 Å². The number of hydrogen-bond acceptors (Lipinski definition) is 5. The molecule has 3 aromatic carbocycles. The van der Waals surface area contributed by atoms with Gasteiger partial charge < -0.3 is 14.7 Å². The van der Waals surface area contributed by atoms with E-state index in [1.807, 2.05) is 19.1 Å². The van der Waals surface area contributed by atoms with E-state index in [1.165, 1.54) is 10.4 Å². The Labute approximate surface area is 240 Å². The molecule has 2 aliphatic heterocycles. The maximum absolute atomic E-state index is 14.5. The summed E-state index contributed by atoms with van der Waals surface area (Å²) in [6.07, 6.45) is 3.50. The van der Waals surface area contributed by atoms with E-state index in [9.17, 15) is 17.9 Å². The summed E-state index contributed by atoms with van der Waals surface area (Å²) in [7, 11) is -3.88. The van der Waals surface area contributed by atoms with Crippen LogP contribution in [0.3, 0.4) is 0 Å². The minimum atomic E-state index is -3.88. The first-order valence-corrected chi connectivity index (χ1v) is 15.4. The summed E-state index contributed by atoms with van der Waals surface area (Å²) in [4.78, 5) is 2.45. The Bertz CT molecular complexity index is 1510. The summed E-state index contributed by atoms with van der Waals surface area (Å²) in [5.74, 6) is 0.0697. The lowest BCUT2D eigenvalue weighted by atomic mass is 10.0. The number of rotatable bonds is 8. The number of nitrogens with zero attached hydrogens (tertiary/aromatic N) is 2. The number of likely N-dealkylation sites (tertiary alicyclic amines) is 1. The molecule has 0 amide bonds. The average molecular weight is 585 g/mol. The van der Waals surface area contributed by atoms with Crippen LogP contribution in [0.25, 0.3) is 11.6 Å². The van der Waals surface area contributed by atoms with Gasteiger partial charge in [0.2, 0.25) is 0 Å². The van der Waals surface area contributed by atoms with Gasteiger partial charge in [-0.3, -0.25) is 4.31 Å². The van der Waals surface area contributed by atoms with Gasteiger partial charge in [0.1, 0.15) is 17.7 Å². The zero-order valence-electron chi connectivity index (χ0n) is 22.7. The second kappa shape index (κ2) is 11.9. The monoisotopic (exact) mass is 584 g/mol. The van der Waals surface area contributed by atoms with Gasteiger partial charge in [-0.25, -0.2) is 12.8 Å². The van der Waals surface area contributed by atoms with Crippen molar-refractivity contribution in [2.24, 2.45) is 0 Å². The Morgan fingerprint density at radius 3 is 2.67 bits per heavy atom. The number of aliphatic hydroxyl groups is 1. The van der Waals surface area contributed by atoms with E-state index in [-0.39, 0.29) is 23.6 Å². The number of fused-ring (bicyclic) bond motifs is 1. The molecule has 0 aromatic heterocycles. The normalized spacial score (nSPS) is 19.9. The van der Waals surface area contributed by atoms with Crippen molar-refractivity contribution in [1.82, 2.24) is 4.90 Å². The largest absolute Gasteiger partial charge is 0.486 e. The number of hydrogen-bond donors (Lipinski definition) is 1. The highest BCUT2D eigenvalue weighted by atomic mass is 35.5. The van der Waals surface area contributed by atoms with Crippen molar-refractivity contribution in [2.75, 3.05) is 30.5 Å². The van der Waals surface area contributed by atoms with Gasteiger partial charge in [-0.2, -0.15) is 0 Å². The summed E-state index contributed by atoms with van der Waals surface area (Å²) in [5, 5.41) is 10.1.